The molecule has 3 aromatic rings. The predicted molar refractivity (Wildman–Crippen MR) is 96.0 cm³/mol. The second-order valence-electron chi connectivity index (χ2n) is 5.92. The summed E-state index contributed by atoms with van der Waals surface area (Å²) in [6.07, 6.45) is 0. The fourth-order valence-electron chi connectivity index (χ4n) is 2.53. The first-order chi connectivity index (χ1) is 12.4. The highest BCUT2D eigenvalue weighted by Crippen LogP contribution is 2.25. The van der Waals surface area contributed by atoms with Crippen LogP contribution >= 0.6 is 11.6 Å². The quantitative estimate of drug-likeness (QED) is 0.367. The van der Waals surface area contributed by atoms with Gasteiger partial charge in [-0.2, -0.15) is 0 Å². The summed E-state index contributed by atoms with van der Waals surface area (Å²) in [5.74, 6) is -1.78. The van der Waals surface area contributed by atoms with Gasteiger partial charge in [-0.3, -0.25) is 10.7 Å². The summed E-state index contributed by atoms with van der Waals surface area (Å²) in [5.41, 5.74) is 2.57. The summed E-state index contributed by atoms with van der Waals surface area (Å²) < 4.78 is 28.2. The summed E-state index contributed by atoms with van der Waals surface area (Å²) in [4.78, 5) is 13.1. The van der Waals surface area contributed by atoms with Crippen LogP contribution in [0, 0.1) is 11.6 Å². The van der Waals surface area contributed by atoms with Crippen molar-refractivity contribution in [2.75, 3.05) is 14.1 Å². The summed E-state index contributed by atoms with van der Waals surface area (Å²) in [5, 5.41) is 9.96. The number of hydroxylamine groups is 1. The molecule has 1 aromatic heterocycles. The van der Waals surface area contributed by atoms with Crippen molar-refractivity contribution in [2.24, 2.45) is 4.99 Å². The minimum atomic E-state index is -1.09. The number of aromatic nitrogens is 2. The van der Waals surface area contributed by atoms with E-state index < -0.39 is 11.6 Å². The zero-order valence-corrected chi connectivity index (χ0v) is 14.8. The van der Waals surface area contributed by atoms with E-state index in [0.717, 1.165) is 6.07 Å². The summed E-state index contributed by atoms with van der Waals surface area (Å²) in [7, 11) is 3.65. The maximum absolute atomic E-state index is 14.2. The van der Waals surface area contributed by atoms with Crippen LogP contribution < -0.4 is 5.48 Å². The van der Waals surface area contributed by atoms with Crippen molar-refractivity contribution < 1.29 is 14.0 Å². The van der Waals surface area contributed by atoms with E-state index >= 15 is 0 Å². The van der Waals surface area contributed by atoms with E-state index in [-0.39, 0.29) is 22.4 Å². The van der Waals surface area contributed by atoms with Gasteiger partial charge in [0.15, 0.2) is 17.5 Å². The Balaban J connectivity index is 2.18. The van der Waals surface area contributed by atoms with Crippen LogP contribution in [0.25, 0.3) is 11.0 Å². The molecule has 2 aromatic carbocycles. The normalized spacial score (nSPS) is 12.2. The first-order valence-electron chi connectivity index (χ1n) is 7.65. The first-order valence-corrected chi connectivity index (χ1v) is 8.03. The van der Waals surface area contributed by atoms with Crippen molar-refractivity contribution in [1.82, 2.24) is 20.3 Å². The van der Waals surface area contributed by atoms with E-state index in [0.29, 0.717) is 23.1 Å². The molecular formula is C17H16ClF2N5O. The smallest absolute Gasteiger partial charge is 0.186 e. The third kappa shape index (κ3) is 3.67. The van der Waals surface area contributed by atoms with Crippen LogP contribution in [-0.4, -0.2) is 40.0 Å². The van der Waals surface area contributed by atoms with Crippen LogP contribution in [0.3, 0.4) is 0 Å². The Kier molecular flexibility index (Phi) is 5.17. The van der Waals surface area contributed by atoms with Crippen LogP contribution in [0.4, 0.5) is 14.5 Å². The van der Waals surface area contributed by atoms with Crippen LogP contribution in [0.15, 0.2) is 35.3 Å². The van der Waals surface area contributed by atoms with Crippen LogP contribution in [0.5, 0.6) is 0 Å². The highest BCUT2D eigenvalue weighted by molar-refractivity contribution is 6.30. The maximum atomic E-state index is 14.2. The van der Waals surface area contributed by atoms with Gasteiger partial charge in [0.05, 0.1) is 17.7 Å². The molecule has 0 fully saturated rings. The Labute approximate surface area is 153 Å². The SMILES string of the molecule is CN(C)Cc1nc2c(F)c(F)cc(C(=Nc3cccc(Cl)c3)NO)c2[nH]1. The number of halogens is 3. The summed E-state index contributed by atoms with van der Waals surface area (Å²) in [6.45, 7) is 0.405. The molecule has 136 valence electrons. The maximum Gasteiger partial charge on any atom is 0.186 e. The molecule has 0 saturated carbocycles. The van der Waals surface area contributed by atoms with E-state index in [1.807, 2.05) is 24.5 Å². The molecule has 1 heterocycles. The number of aromatic amines is 1. The number of rotatable bonds is 4. The standard InChI is InChI=1S/C17H16ClF2N5O/c1-25(2)8-13-22-15-11(7-12(19)14(20)16(15)23-13)17(24-26)21-10-5-3-4-9(18)6-10/h3-7,26H,8H2,1-2H3,(H,21,24)(H,22,23). The van der Waals surface area contributed by atoms with Crippen LogP contribution in [-0.2, 0) is 6.54 Å². The summed E-state index contributed by atoms with van der Waals surface area (Å²) in [6, 6.07) is 7.53. The highest BCUT2D eigenvalue weighted by atomic mass is 35.5. The molecule has 3 rings (SSSR count). The number of benzene rings is 2. The monoisotopic (exact) mass is 379 g/mol. The molecule has 6 nitrogen and oxygen atoms in total. The first kappa shape index (κ1) is 18.2. The molecule has 0 aliphatic rings. The fraction of sp³-hybridized carbons (Fsp3) is 0.176. The number of hydrogen-bond acceptors (Lipinski definition) is 4. The largest absolute Gasteiger partial charge is 0.340 e. The lowest BCUT2D eigenvalue weighted by Gasteiger charge is -2.08. The predicted octanol–water partition coefficient (Wildman–Crippen LogP) is 3.61. The van der Waals surface area contributed by atoms with E-state index in [1.165, 1.54) is 0 Å². The number of nitrogens with zero attached hydrogens (tertiary/aromatic N) is 3. The van der Waals surface area contributed by atoms with Gasteiger partial charge >= 0.3 is 0 Å². The number of hydrogen-bond donors (Lipinski definition) is 3. The molecule has 0 aliphatic carbocycles. The molecule has 0 spiro atoms. The Hall–Kier alpha value is -2.55. The van der Waals surface area contributed by atoms with E-state index in [4.69, 9.17) is 11.6 Å². The Morgan fingerprint density at radius 2 is 2.12 bits per heavy atom. The number of H-pyrrole nitrogens is 1. The second kappa shape index (κ2) is 7.36. The van der Waals surface area contributed by atoms with Gasteiger partial charge in [0.25, 0.3) is 0 Å². The van der Waals surface area contributed by atoms with Crippen molar-refractivity contribution in [3.05, 3.63) is 58.4 Å². The van der Waals surface area contributed by atoms with Crippen molar-refractivity contribution in [1.29, 1.82) is 0 Å². The summed E-state index contributed by atoms with van der Waals surface area (Å²) >= 11 is 5.93. The van der Waals surface area contributed by atoms with Gasteiger partial charge < -0.3 is 9.88 Å². The molecule has 0 saturated heterocycles. The number of aliphatic imine (C=N–C) groups is 1. The lowest BCUT2D eigenvalue weighted by Crippen LogP contribution is -2.21. The van der Waals surface area contributed by atoms with Crippen LogP contribution in [0.1, 0.15) is 11.4 Å². The van der Waals surface area contributed by atoms with Crippen molar-refractivity contribution in [2.45, 2.75) is 6.54 Å². The van der Waals surface area contributed by atoms with Gasteiger partial charge in [0.2, 0.25) is 0 Å². The second-order valence-corrected chi connectivity index (χ2v) is 6.35. The van der Waals surface area contributed by atoms with E-state index in [2.05, 4.69) is 15.0 Å². The average Bonchev–Trinajstić information content (AvgIpc) is 2.99. The number of fused-ring (bicyclic) bond motifs is 1. The Bertz CT molecular complexity index is 987. The highest BCUT2D eigenvalue weighted by Gasteiger charge is 2.20. The molecule has 0 aliphatic heterocycles. The van der Waals surface area contributed by atoms with Crippen molar-refractivity contribution in [3.8, 4) is 0 Å². The number of imidazole rings is 1. The lowest BCUT2D eigenvalue weighted by molar-refractivity contribution is 0.235. The Morgan fingerprint density at radius 1 is 1.35 bits per heavy atom. The molecule has 0 radical (unpaired) electrons. The zero-order chi connectivity index (χ0) is 18.8. The van der Waals surface area contributed by atoms with Gasteiger partial charge in [-0.15, -0.1) is 0 Å². The van der Waals surface area contributed by atoms with Gasteiger partial charge in [0, 0.05) is 10.6 Å². The Morgan fingerprint density at radius 3 is 2.77 bits per heavy atom. The third-order valence-electron chi connectivity index (χ3n) is 3.59. The van der Waals surface area contributed by atoms with Crippen LogP contribution in [0.2, 0.25) is 5.02 Å². The zero-order valence-electron chi connectivity index (χ0n) is 14.0. The van der Waals surface area contributed by atoms with Crippen molar-refractivity contribution >= 4 is 34.2 Å². The minimum Gasteiger partial charge on any atom is -0.340 e. The third-order valence-corrected chi connectivity index (χ3v) is 3.82. The number of amidine groups is 1. The lowest BCUT2D eigenvalue weighted by atomic mass is 10.1. The minimum absolute atomic E-state index is 0.0729. The average molecular weight is 380 g/mol. The van der Waals surface area contributed by atoms with Crippen molar-refractivity contribution in [3.63, 3.8) is 0 Å². The molecule has 0 bridgehead atoms. The van der Waals surface area contributed by atoms with Gasteiger partial charge in [-0.05, 0) is 38.4 Å². The van der Waals surface area contributed by atoms with Gasteiger partial charge in [-0.25, -0.2) is 18.8 Å². The number of nitrogens with one attached hydrogen (secondary N) is 2. The molecule has 0 unspecified atom stereocenters. The van der Waals surface area contributed by atoms with E-state index in [9.17, 15) is 14.0 Å². The topological polar surface area (TPSA) is 76.5 Å². The van der Waals surface area contributed by atoms with Gasteiger partial charge in [0.1, 0.15) is 11.3 Å². The van der Waals surface area contributed by atoms with Gasteiger partial charge in [-0.1, -0.05) is 17.7 Å². The molecular weight excluding hydrogens is 364 g/mol. The molecule has 3 N–H and O–H groups in total. The molecule has 9 heteroatoms. The molecule has 0 atom stereocenters. The fourth-order valence-corrected chi connectivity index (χ4v) is 2.72. The molecule has 26 heavy (non-hydrogen) atoms. The molecule has 0 amide bonds. The van der Waals surface area contributed by atoms with E-state index in [1.54, 1.807) is 24.3 Å².